The van der Waals surface area contributed by atoms with Gasteiger partial charge in [0.25, 0.3) is 5.91 Å². The van der Waals surface area contributed by atoms with E-state index in [4.69, 9.17) is 0 Å². The molecule has 2 aromatic carbocycles. The number of benzene rings is 2. The molecule has 0 fully saturated rings. The fourth-order valence-electron chi connectivity index (χ4n) is 2.55. The van der Waals surface area contributed by atoms with Crippen LogP contribution in [0.4, 0.5) is 28.9 Å². The van der Waals surface area contributed by atoms with Crippen LogP contribution in [0.15, 0.2) is 41.3 Å². The number of sulfonamides is 1. The molecule has 0 saturated heterocycles. The fourth-order valence-corrected chi connectivity index (χ4v) is 3.81. The number of rotatable bonds is 2. The van der Waals surface area contributed by atoms with Crippen LogP contribution in [0.25, 0.3) is 0 Å². The lowest BCUT2D eigenvalue weighted by atomic mass is 10.2. The molecule has 0 aromatic heterocycles. The van der Waals surface area contributed by atoms with Crippen molar-refractivity contribution < 1.29 is 30.8 Å². The SMILES string of the molecule is Cc1cc(F)ccc1NC(=O)[C@@H]1Nc2cc(C(F)(F)F)ccc2S(=O)(=O)N1. The molecule has 1 atom stereocenters. The lowest BCUT2D eigenvalue weighted by Crippen LogP contribution is -2.51. The summed E-state index contributed by atoms with van der Waals surface area (Å²) >= 11 is 0. The Morgan fingerprint density at radius 1 is 1.15 bits per heavy atom. The summed E-state index contributed by atoms with van der Waals surface area (Å²) in [6.45, 7) is 1.53. The molecule has 144 valence electrons. The first-order valence-electron chi connectivity index (χ1n) is 7.54. The summed E-state index contributed by atoms with van der Waals surface area (Å²) in [5, 5.41) is 4.84. The Bertz CT molecular complexity index is 1020. The van der Waals surface area contributed by atoms with Gasteiger partial charge in [0.2, 0.25) is 10.0 Å². The van der Waals surface area contributed by atoms with E-state index in [1.54, 1.807) is 0 Å². The number of hydrogen-bond acceptors (Lipinski definition) is 4. The van der Waals surface area contributed by atoms with Gasteiger partial charge in [-0.05, 0) is 48.9 Å². The maximum absolute atomic E-state index is 13.1. The van der Waals surface area contributed by atoms with Crippen molar-refractivity contribution in [2.24, 2.45) is 0 Å². The molecule has 3 N–H and O–H groups in total. The maximum Gasteiger partial charge on any atom is 0.416 e. The maximum atomic E-state index is 13.1. The van der Waals surface area contributed by atoms with Crippen LogP contribution in [-0.4, -0.2) is 20.5 Å². The highest BCUT2D eigenvalue weighted by Crippen LogP contribution is 2.35. The number of carbonyl (C=O) groups excluding carboxylic acids is 1. The minimum Gasteiger partial charge on any atom is -0.360 e. The van der Waals surface area contributed by atoms with Gasteiger partial charge in [-0.15, -0.1) is 0 Å². The van der Waals surface area contributed by atoms with Crippen molar-refractivity contribution in [2.75, 3.05) is 10.6 Å². The van der Waals surface area contributed by atoms with Crippen LogP contribution in [0.3, 0.4) is 0 Å². The predicted octanol–water partition coefficient (Wildman–Crippen LogP) is 2.82. The molecule has 0 bridgehead atoms. The fraction of sp³-hybridized carbons (Fsp3) is 0.188. The lowest BCUT2D eigenvalue weighted by Gasteiger charge is -2.28. The summed E-state index contributed by atoms with van der Waals surface area (Å²) in [7, 11) is -4.21. The Morgan fingerprint density at radius 2 is 1.85 bits per heavy atom. The molecule has 1 aliphatic heterocycles. The molecule has 27 heavy (non-hydrogen) atoms. The van der Waals surface area contributed by atoms with Crippen molar-refractivity contribution >= 4 is 27.3 Å². The standard InChI is InChI=1S/C16H13F4N3O3S/c1-8-6-10(17)3-4-11(8)22-15(24)14-21-12-7-9(16(18,19)20)2-5-13(12)27(25,26)23-14/h2-7,14,21,23H,1H3,(H,22,24)/t14-/m1/s1. The summed E-state index contributed by atoms with van der Waals surface area (Å²) in [6, 6.07) is 5.63. The molecule has 11 heteroatoms. The molecule has 1 amide bonds. The third kappa shape index (κ3) is 3.88. The van der Waals surface area contributed by atoms with Gasteiger partial charge in [0.05, 0.1) is 11.3 Å². The van der Waals surface area contributed by atoms with Gasteiger partial charge in [-0.2, -0.15) is 17.9 Å². The molecule has 0 saturated carbocycles. The van der Waals surface area contributed by atoms with E-state index in [1.165, 1.54) is 19.1 Å². The van der Waals surface area contributed by atoms with Crippen LogP contribution >= 0.6 is 0 Å². The summed E-state index contributed by atoms with van der Waals surface area (Å²) < 4.78 is 78.3. The number of nitrogens with one attached hydrogen (secondary N) is 3. The minimum absolute atomic E-state index is 0.234. The van der Waals surface area contributed by atoms with Crippen molar-refractivity contribution in [2.45, 2.75) is 24.2 Å². The number of hydrogen-bond donors (Lipinski definition) is 3. The van der Waals surface area contributed by atoms with Gasteiger partial charge in [0.15, 0.2) is 6.17 Å². The van der Waals surface area contributed by atoms with E-state index in [2.05, 4.69) is 15.4 Å². The normalized spacial score (nSPS) is 18.3. The van der Waals surface area contributed by atoms with E-state index in [1.807, 2.05) is 0 Å². The van der Waals surface area contributed by atoms with E-state index < -0.39 is 44.5 Å². The van der Waals surface area contributed by atoms with Crippen molar-refractivity contribution in [3.8, 4) is 0 Å². The average Bonchev–Trinajstić information content (AvgIpc) is 2.55. The summed E-state index contributed by atoms with van der Waals surface area (Å²) in [5.74, 6) is -1.38. The first-order valence-corrected chi connectivity index (χ1v) is 9.03. The molecule has 1 heterocycles. The van der Waals surface area contributed by atoms with Crippen molar-refractivity contribution in [3.63, 3.8) is 0 Å². The number of alkyl halides is 3. The molecule has 2 aromatic rings. The minimum atomic E-state index is -4.67. The summed E-state index contributed by atoms with van der Waals surface area (Å²) in [5.41, 5.74) is -0.780. The van der Waals surface area contributed by atoms with E-state index >= 15 is 0 Å². The Kier molecular flexibility index (Phi) is 4.60. The van der Waals surface area contributed by atoms with Crippen molar-refractivity contribution in [3.05, 3.63) is 53.3 Å². The van der Waals surface area contributed by atoms with Crippen LogP contribution < -0.4 is 15.4 Å². The van der Waals surface area contributed by atoms with Gasteiger partial charge in [0.1, 0.15) is 10.7 Å². The Morgan fingerprint density at radius 3 is 2.48 bits per heavy atom. The molecule has 1 aliphatic rings. The highest BCUT2D eigenvalue weighted by atomic mass is 32.2. The molecular formula is C16H13F4N3O3S. The number of amides is 1. The molecule has 3 rings (SSSR count). The number of fused-ring (bicyclic) bond motifs is 1. The molecule has 0 unspecified atom stereocenters. The zero-order chi connectivity index (χ0) is 20.0. The third-order valence-corrected chi connectivity index (χ3v) is 5.36. The molecule has 0 spiro atoms. The lowest BCUT2D eigenvalue weighted by molar-refractivity contribution is -0.137. The first kappa shape index (κ1) is 19.1. The van der Waals surface area contributed by atoms with Crippen molar-refractivity contribution in [1.82, 2.24) is 4.72 Å². The topological polar surface area (TPSA) is 87.3 Å². The predicted molar refractivity (Wildman–Crippen MR) is 88.9 cm³/mol. The number of carbonyl (C=O) groups is 1. The van der Waals surface area contributed by atoms with Crippen LogP contribution in [0.2, 0.25) is 0 Å². The molecule has 0 radical (unpaired) electrons. The monoisotopic (exact) mass is 403 g/mol. The largest absolute Gasteiger partial charge is 0.416 e. The molecule has 6 nitrogen and oxygen atoms in total. The van der Waals surface area contributed by atoms with Crippen LogP contribution in [0.1, 0.15) is 11.1 Å². The van der Waals surface area contributed by atoms with E-state index in [0.29, 0.717) is 17.7 Å². The molecule has 0 aliphatic carbocycles. The van der Waals surface area contributed by atoms with Crippen LogP contribution in [0, 0.1) is 12.7 Å². The highest BCUT2D eigenvalue weighted by molar-refractivity contribution is 7.89. The van der Waals surface area contributed by atoms with Crippen LogP contribution in [0.5, 0.6) is 0 Å². The van der Waals surface area contributed by atoms with Gasteiger partial charge in [0, 0.05) is 5.69 Å². The molecular weight excluding hydrogens is 390 g/mol. The van der Waals surface area contributed by atoms with Gasteiger partial charge < -0.3 is 10.6 Å². The van der Waals surface area contributed by atoms with E-state index in [-0.39, 0.29) is 11.4 Å². The quantitative estimate of drug-likeness (QED) is 0.673. The second kappa shape index (κ2) is 6.50. The summed E-state index contributed by atoms with van der Waals surface area (Å²) in [4.78, 5) is 12.0. The summed E-state index contributed by atoms with van der Waals surface area (Å²) in [6.07, 6.45) is -6.22. The zero-order valence-electron chi connectivity index (χ0n) is 13.7. The van der Waals surface area contributed by atoms with Crippen molar-refractivity contribution in [1.29, 1.82) is 0 Å². The zero-order valence-corrected chi connectivity index (χ0v) is 14.5. The van der Waals surface area contributed by atoms with Crippen LogP contribution in [-0.2, 0) is 21.0 Å². The van der Waals surface area contributed by atoms with Gasteiger partial charge in [-0.1, -0.05) is 0 Å². The number of halogens is 4. The van der Waals surface area contributed by atoms with E-state index in [0.717, 1.165) is 12.1 Å². The van der Waals surface area contributed by atoms with E-state index in [9.17, 15) is 30.8 Å². The Balaban J connectivity index is 1.90. The third-order valence-electron chi connectivity index (χ3n) is 3.88. The average molecular weight is 403 g/mol. The highest BCUT2D eigenvalue weighted by Gasteiger charge is 2.37. The number of anilines is 2. The van der Waals surface area contributed by atoms with Gasteiger partial charge >= 0.3 is 6.18 Å². The Labute approximate surface area is 151 Å². The van der Waals surface area contributed by atoms with Gasteiger partial charge in [-0.3, -0.25) is 4.79 Å². The second-order valence-corrected chi connectivity index (χ2v) is 7.54. The smallest absolute Gasteiger partial charge is 0.360 e. The second-order valence-electron chi connectivity index (χ2n) is 5.86. The number of aryl methyl sites for hydroxylation is 1. The van der Waals surface area contributed by atoms with Gasteiger partial charge in [-0.25, -0.2) is 12.8 Å². The first-order chi connectivity index (χ1) is 12.5. The Hall–Kier alpha value is -2.66.